The number of hydrazone groups is 1. The molecule has 0 bridgehead atoms. The quantitative estimate of drug-likeness (QED) is 0.872. The summed E-state index contributed by atoms with van der Waals surface area (Å²) in [4.78, 5) is 12.4. The first-order valence-corrected chi connectivity index (χ1v) is 7.28. The first-order valence-electron chi connectivity index (χ1n) is 7.28. The molecule has 4 nitrogen and oxygen atoms in total. The Morgan fingerprint density at radius 3 is 2.41 bits per heavy atom. The van der Waals surface area contributed by atoms with E-state index in [1.54, 1.807) is 12.1 Å². The van der Waals surface area contributed by atoms with Gasteiger partial charge in [0.15, 0.2) is 0 Å². The SMILES string of the molecule is COc1ccc(C2=NN(C(=O)c3ccc(C)cc3)CC2)cc1. The molecule has 0 atom stereocenters. The lowest BCUT2D eigenvalue weighted by Crippen LogP contribution is -2.23. The third kappa shape index (κ3) is 2.86. The lowest BCUT2D eigenvalue weighted by Gasteiger charge is -2.11. The second-order valence-electron chi connectivity index (χ2n) is 5.32. The minimum atomic E-state index is -0.0523. The molecule has 3 rings (SSSR count). The van der Waals surface area contributed by atoms with Gasteiger partial charge in [0.05, 0.1) is 19.4 Å². The number of hydrogen-bond donors (Lipinski definition) is 0. The third-order valence-corrected chi connectivity index (χ3v) is 3.76. The average Bonchev–Trinajstić information content (AvgIpc) is 3.05. The van der Waals surface area contributed by atoms with Crippen LogP contribution in [0.15, 0.2) is 53.6 Å². The largest absolute Gasteiger partial charge is 0.497 e. The summed E-state index contributed by atoms with van der Waals surface area (Å²) < 4.78 is 5.15. The van der Waals surface area contributed by atoms with Gasteiger partial charge in [0.1, 0.15) is 5.75 Å². The molecular weight excluding hydrogens is 276 g/mol. The van der Waals surface area contributed by atoms with Gasteiger partial charge in [-0.2, -0.15) is 5.10 Å². The van der Waals surface area contributed by atoms with E-state index >= 15 is 0 Å². The van der Waals surface area contributed by atoms with Crippen molar-refractivity contribution in [1.29, 1.82) is 0 Å². The molecule has 1 amide bonds. The Labute approximate surface area is 130 Å². The number of methoxy groups -OCH3 is 1. The number of benzene rings is 2. The molecule has 0 fully saturated rings. The van der Waals surface area contributed by atoms with Gasteiger partial charge in [0.25, 0.3) is 5.91 Å². The third-order valence-electron chi connectivity index (χ3n) is 3.76. The zero-order valence-corrected chi connectivity index (χ0v) is 12.7. The number of rotatable bonds is 3. The highest BCUT2D eigenvalue weighted by Crippen LogP contribution is 2.19. The van der Waals surface area contributed by atoms with Crippen LogP contribution in [-0.4, -0.2) is 30.3 Å². The van der Waals surface area contributed by atoms with Gasteiger partial charge in [0, 0.05) is 12.0 Å². The van der Waals surface area contributed by atoms with Gasteiger partial charge in [-0.05, 0) is 48.9 Å². The predicted octanol–water partition coefficient (Wildman–Crippen LogP) is 3.25. The molecule has 4 heteroatoms. The van der Waals surface area contributed by atoms with E-state index in [4.69, 9.17) is 4.74 Å². The molecule has 0 radical (unpaired) electrons. The predicted molar refractivity (Wildman–Crippen MR) is 86.4 cm³/mol. The Kier molecular flexibility index (Phi) is 3.92. The molecule has 2 aromatic rings. The smallest absolute Gasteiger partial charge is 0.273 e. The normalized spacial score (nSPS) is 13.9. The van der Waals surface area contributed by atoms with E-state index < -0.39 is 0 Å². The topological polar surface area (TPSA) is 41.9 Å². The fourth-order valence-corrected chi connectivity index (χ4v) is 2.44. The molecule has 2 aromatic carbocycles. The molecule has 0 aliphatic carbocycles. The monoisotopic (exact) mass is 294 g/mol. The van der Waals surface area contributed by atoms with Gasteiger partial charge in [-0.15, -0.1) is 0 Å². The lowest BCUT2D eigenvalue weighted by molar-refractivity contribution is 0.0778. The summed E-state index contributed by atoms with van der Waals surface area (Å²) >= 11 is 0. The number of ether oxygens (including phenoxy) is 1. The summed E-state index contributed by atoms with van der Waals surface area (Å²) in [5, 5.41) is 6.02. The molecule has 22 heavy (non-hydrogen) atoms. The Morgan fingerprint density at radius 1 is 1.09 bits per heavy atom. The van der Waals surface area contributed by atoms with Crippen molar-refractivity contribution in [2.24, 2.45) is 5.10 Å². The highest BCUT2D eigenvalue weighted by atomic mass is 16.5. The van der Waals surface area contributed by atoms with Gasteiger partial charge in [-0.25, -0.2) is 5.01 Å². The first kappa shape index (κ1) is 14.3. The molecule has 0 unspecified atom stereocenters. The molecule has 0 saturated heterocycles. The number of aryl methyl sites for hydroxylation is 1. The van der Waals surface area contributed by atoms with E-state index in [1.807, 2.05) is 55.5 Å². The summed E-state index contributed by atoms with van der Waals surface area (Å²) in [6.07, 6.45) is 0.768. The van der Waals surface area contributed by atoms with E-state index in [1.165, 1.54) is 0 Å². The molecule has 0 N–H and O–H groups in total. The Bertz CT molecular complexity index is 703. The van der Waals surface area contributed by atoms with E-state index in [9.17, 15) is 4.79 Å². The summed E-state index contributed by atoms with van der Waals surface area (Å²) in [5.41, 5.74) is 3.77. The molecule has 0 saturated carbocycles. The van der Waals surface area contributed by atoms with Crippen LogP contribution in [0.5, 0.6) is 5.75 Å². The van der Waals surface area contributed by atoms with Gasteiger partial charge < -0.3 is 4.74 Å². The Morgan fingerprint density at radius 2 is 1.77 bits per heavy atom. The van der Waals surface area contributed by atoms with Crippen molar-refractivity contribution < 1.29 is 9.53 Å². The fraction of sp³-hybridized carbons (Fsp3) is 0.222. The van der Waals surface area contributed by atoms with E-state index in [-0.39, 0.29) is 5.91 Å². The number of hydrogen-bond acceptors (Lipinski definition) is 3. The zero-order chi connectivity index (χ0) is 15.5. The first-order chi connectivity index (χ1) is 10.7. The zero-order valence-electron chi connectivity index (χ0n) is 12.7. The second-order valence-corrected chi connectivity index (χ2v) is 5.32. The van der Waals surface area contributed by atoms with Crippen molar-refractivity contribution >= 4 is 11.6 Å². The van der Waals surface area contributed by atoms with Crippen molar-refractivity contribution in [3.8, 4) is 5.75 Å². The number of amides is 1. The van der Waals surface area contributed by atoms with Gasteiger partial charge >= 0.3 is 0 Å². The summed E-state index contributed by atoms with van der Waals surface area (Å²) in [6.45, 7) is 2.62. The van der Waals surface area contributed by atoms with Crippen LogP contribution >= 0.6 is 0 Å². The number of carbonyl (C=O) groups is 1. The minimum Gasteiger partial charge on any atom is -0.497 e. The van der Waals surface area contributed by atoms with E-state index in [0.717, 1.165) is 29.0 Å². The highest BCUT2D eigenvalue weighted by Gasteiger charge is 2.22. The van der Waals surface area contributed by atoms with Crippen molar-refractivity contribution in [3.63, 3.8) is 0 Å². The maximum Gasteiger partial charge on any atom is 0.273 e. The molecule has 0 spiro atoms. The summed E-state index contributed by atoms with van der Waals surface area (Å²) in [5.74, 6) is 0.762. The standard InChI is InChI=1S/C18H18N2O2/c1-13-3-5-15(6-4-13)18(21)20-12-11-17(19-20)14-7-9-16(22-2)10-8-14/h3-10H,11-12H2,1-2H3. The fourth-order valence-electron chi connectivity index (χ4n) is 2.44. The van der Waals surface area contributed by atoms with E-state index in [2.05, 4.69) is 5.10 Å². The van der Waals surface area contributed by atoms with Crippen LogP contribution in [0, 0.1) is 6.92 Å². The summed E-state index contributed by atoms with van der Waals surface area (Å²) in [7, 11) is 1.64. The molecular formula is C18H18N2O2. The minimum absolute atomic E-state index is 0.0523. The Hall–Kier alpha value is -2.62. The molecule has 0 aromatic heterocycles. The van der Waals surface area contributed by atoms with Gasteiger partial charge in [-0.1, -0.05) is 17.7 Å². The molecule has 1 aliphatic heterocycles. The Balaban J connectivity index is 1.78. The highest BCUT2D eigenvalue weighted by molar-refractivity contribution is 6.04. The van der Waals surface area contributed by atoms with Crippen LogP contribution in [0.2, 0.25) is 0 Å². The van der Waals surface area contributed by atoms with Crippen molar-refractivity contribution in [2.45, 2.75) is 13.3 Å². The van der Waals surface area contributed by atoms with Crippen LogP contribution in [0.4, 0.5) is 0 Å². The average molecular weight is 294 g/mol. The molecule has 1 heterocycles. The van der Waals surface area contributed by atoms with Crippen LogP contribution < -0.4 is 4.74 Å². The molecule has 112 valence electrons. The van der Waals surface area contributed by atoms with Gasteiger partial charge in [0.2, 0.25) is 0 Å². The summed E-state index contributed by atoms with van der Waals surface area (Å²) in [6, 6.07) is 15.3. The van der Waals surface area contributed by atoms with Crippen molar-refractivity contribution in [3.05, 3.63) is 65.2 Å². The van der Waals surface area contributed by atoms with Crippen molar-refractivity contribution in [2.75, 3.05) is 13.7 Å². The molecule has 1 aliphatic rings. The van der Waals surface area contributed by atoms with Crippen LogP contribution in [-0.2, 0) is 0 Å². The van der Waals surface area contributed by atoms with Crippen LogP contribution in [0.3, 0.4) is 0 Å². The maximum absolute atomic E-state index is 12.4. The van der Waals surface area contributed by atoms with Crippen LogP contribution in [0.1, 0.15) is 27.9 Å². The van der Waals surface area contributed by atoms with Crippen molar-refractivity contribution in [1.82, 2.24) is 5.01 Å². The van der Waals surface area contributed by atoms with Crippen LogP contribution in [0.25, 0.3) is 0 Å². The number of nitrogens with zero attached hydrogens (tertiary/aromatic N) is 2. The maximum atomic E-state index is 12.4. The number of carbonyl (C=O) groups excluding carboxylic acids is 1. The second kappa shape index (κ2) is 6.02. The van der Waals surface area contributed by atoms with E-state index in [0.29, 0.717) is 12.1 Å². The van der Waals surface area contributed by atoms with Gasteiger partial charge in [-0.3, -0.25) is 4.79 Å². The lowest BCUT2D eigenvalue weighted by atomic mass is 10.1.